The van der Waals surface area contributed by atoms with Crippen molar-refractivity contribution in [3.63, 3.8) is 0 Å². The molecule has 0 saturated heterocycles. The predicted molar refractivity (Wildman–Crippen MR) is 135 cm³/mol. The molecule has 192 valence electrons. The van der Waals surface area contributed by atoms with E-state index in [1.165, 1.54) is 37.9 Å². The smallest absolute Gasteiger partial charge is 0.330 e. The van der Waals surface area contributed by atoms with Gasteiger partial charge in [0.2, 0.25) is 11.7 Å². The van der Waals surface area contributed by atoms with Crippen molar-refractivity contribution in [3.05, 3.63) is 74.4 Å². The highest BCUT2D eigenvalue weighted by atomic mass is 16.5. The standard InChI is InChI=1S/C25H30N4O7/c1-33-13-12-28-23(26)20(24(31)27-25(28)32)29(15-16-8-6-5-7-9-16)19(30)14-17-10-11-18(34-2)22(36-4)21(17)35-3/h5-11H,12-15,26H2,1-4H3,(H,27,31,32). The lowest BCUT2D eigenvalue weighted by Gasteiger charge is -2.25. The fourth-order valence-corrected chi connectivity index (χ4v) is 3.86. The van der Waals surface area contributed by atoms with Crippen molar-refractivity contribution in [1.82, 2.24) is 9.55 Å². The zero-order chi connectivity index (χ0) is 26.2. The van der Waals surface area contributed by atoms with Gasteiger partial charge in [-0.3, -0.25) is 24.0 Å². The average Bonchev–Trinajstić information content (AvgIpc) is 2.87. The lowest BCUT2D eigenvalue weighted by molar-refractivity contribution is -0.118. The molecule has 36 heavy (non-hydrogen) atoms. The molecule has 0 fully saturated rings. The van der Waals surface area contributed by atoms with Crippen LogP contribution in [0.4, 0.5) is 11.5 Å². The molecule has 0 bridgehead atoms. The second kappa shape index (κ2) is 11.9. The van der Waals surface area contributed by atoms with E-state index in [9.17, 15) is 14.4 Å². The summed E-state index contributed by atoms with van der Waals surface area (Å²) in [6.45, 7) is 0.331. The van der Waals surface area contributed by atoms with Gasteiger partial charge < -0.3 is 24.7 Å². The lowest BCUT2D eigenvalue weighted by atomic mass is 10.1. The minimum atomic E-state index is -0.769. The van der Waals surface area contributed by atoms with E-state index >= 15 is 0 Å². The molecular weight excluding hydrogens is 468 g/mol. The summed E-state index contributed by atoms with van der Waals surface area (Å²) in [6.07, 6.45) is -0.146. The quantitative estimate of drug-likeness (QED) is 0.406. The molecular formula is C25H30N4O7. The van der Waals surface area contributed by atoms with Gasteiger partial charge in [-0.1, -0.05) is 36.4 Å². The summed E-state index contributed by atoms with van der Waals surface area (Å²) in [5, 5.41) is 0. The fraction of sp³-hybridized carbons (Fsp3) is 0.320. The molecule has 0 aliphatic rings. The van der Waals surface area contributed by atoms with Crippen LogP contribution in [0.25, 0.3) is 0 Å². The third-order valence-corrected chi connectivity index (χ3v) is 5.62. The Labute approximate surface area is 208 Å². The third-order valence-electron chi connectivity index (χ3n) is 5.62. The number of H-pyrrole nitrogens is 1. The van der Waals surface area contributed by atoms with E-state index in [4.69, 9.17) is 24.7 Å². The number of hydrogen-bond acceptors (Lipinski definition) is 8. The number of benzene rings is 2. The van der Waals surface area contributed by atoms with Crippen LogP contribution in [0.2, 0.25) is 0 Å². The molecule has 0 radical (unpaired) electrons. The molecule has 0 spiro atoms. The Morgan fingerprint density at radius 3 is 2.28 bits per heavy atom. The summed E-state index contributed by atoms with van der Waals surface area (Å²) in [7, 11) is 5.91. The average molecular weight is 499 g/mol. The number of aromatic amines is 1. The molecule has 0 saturated carbocycles. The number of hydrogen-bond donors (Lipinski definition) is 2. The van der Waals surface area contributed by atoms with E-state index in [0.717, 1.165) is 5.56 Å². The van der Waals surface area contributed by atoms with Gasteiger partial charge in [0.15, 0.2) is 17.2 Å². The van der Waals surface area contributed by atoms with Crippen LogP contribution in [-0.2, 0) is 29.0 Å². The van der Waals surface area contributed by atoms with Crippen molar-refractivity contribution >= 4 is 17.4 Å². The van der Waals surface area contributed by atoms with Gasteiger partial charge in [-0.2, -0.15) is 0 Å². The first kappa shape index (κ1) is 26.4. The van der Waals surface area contributed by atoms with Gasteiger partial charge in [-0.15, -0.1) is 0 Å². The largest absolute Gasteiger partial charge is 0.493 e. The molecule has 0 atom stereocenters. The van der Waals surface area contributed by atoms with Gasteiger partial charge in [-0.25, -0.2) is 4.79 Å². The third kappa shape index (κ3) is 5.52. The van der Waals surface area contributed by atoms with Crippen LogP contribution in [0.1, 0.15) is 11.1 Å². The van der Waals surface area contributed by atoms with Crippen molar-refractivity contribution in [3.8, 4) is 17.2 Å². The second-order valence-corrected chi connectivity index (χ2v) is 7.77. The van der Waals surface area contributed by atoms with Gasteiger partial charge in [0.1, 0.15) is 5.82 Å². The number of anilines is 2. The topological polar surface area (TPSA) is 138 Å². The summed E-state index contributed by atoms with van der Waals surface area (Å²) in [4.78, 5) is 42.6. The van der Waals surface area contributed by atoms with Gasteiger partial charge >= 0.3 is 5.69 Å². The van der Waals surface area contributed by atoms with Gasteiger partial charge in [0.05, 0.1) is 47.4 Å². The van der Waals surface area contributed by atoms with Crippen molar-refractivity contribution in [1.29, 1.82) is 0 Å². The monoisotopic (exact) mass is 498 g/mol. The van der Waals surface area contributed by atoms with Crippen LogP contribution >= 0.6 is 0 Å². The van der Waals surface area contributed by atoms with E-state index in [1.807, 2.05) is 30.3 Å². The SMILES string of the molecule is COCCn1c(N)c(N(Cc2ccccc2)C(=O)Cc2ccc(OC)c(OC)c2OC)c(=O)[nH]c1=O. The minimum Gasteiger partial charge on any atom is -0.493 e. The number of carbonyl (C=O) groups is 1. The number of ether oxygens (including phenoxy) is 4. The van der Waals surface area contributed by atoms with E-state index in [-0.39, 0.29) is 37.6 Å². The summed E-state index contributed by atoms with van der Waals surface area (Å²) in [5.41, 5.74) is 5.98. The minimum absolute atomic E-state index is 0.0467. The normalized spacial score (nSPS) is 10.7. The summed E-state index contributed by atoms with van der Waals surface area (Å²) in [5.74, 6) is 0.530. The fourth-order valence-electron chi connectivity index (χ4n) is 3.86. The van der Waals surface area contributed by atoms with E-state index in [2.05, 4.69) is 4.98 Å². The second-order valence-electron chi connectivity index (χ2n) is 7.77. The number of carbonyl (C=O) groups excluding carboxylic acids is 1. The number of nitrogens with one attached hydrogen (secondary N) is 1. The first-order valence-corrected chi connectivity index (χ1v) is 11.1. The maximum absolute atomic E-state index is 13.7. The Hall–Kier alpha value is -4.25. The molecule has 1 heterocycles. The lowest BCUT2D eigenvalue weighted by Crippen LogP contribution is -2.41. The molecule has 1 aromatic heterocycles. The number of nitrogen functional groups attached to an aromatic ring is 1. The van der Waals surface area contributed by atoms with Crippen molar-refractivity contribution < 1.29 is 23.7 Å². The highest BCUT2D eigenvalue weighted by Gasteiger charge is 2.27. The number of aromatic nitrogens is 2. The maximum atomic E-state index is 13.7. The van der Waals surface area contributed by atoms with Crippen LogP contribution in [0.15, 0.2) is 52.1 Å². The molecule has 0 aliphatic heterocycles. The number of nitrogens with zero attached hydrogens (tertiary/aromatic N) is 2. The number of nitrogens with two attached hydrogens (primary N) is 1. The Balaban J connectivity index is 2.11. The first-order chi connectivity index (χ1) is 17.4. The van der Waals surface area contributed by atoms with Gasteiger partial charge in [-0.05, 0) is 11.6 Å². The molecule has 1 amide bonds. The summed E-state index contributed by atoms with van der Waals surface area (Å²) in [6, 6.07) is 12.5. The summed E-state index contributed by atoms with van der Waals surface area (Å²) < 4.78 is 22.5. The highest BCUT2D eigenvalue weighted by molar-refractivity contribution is 5.97. The first-order valence-electron chi connectivity index (χ1n) is 11.1. The Morgan fingerprint density at radius 1 is 0.972 bits per heavy atom. The zero-order valence-corrected chi connectivity index (χ0v) is 20.7. The van der Waals surface area contributed by atoms with E-state index in [0.29, 0.717) is 22.8 Å². The highest BCUT2D eigenvalue weighted by Crippen LogP contribution is 2.40. The molecule has 11 heteroatoms. The number of amides is 1. The Morgan fingerprint density at radius 2 is 1.67 bits per heavy atom. The van der Waals surface area contributed by atoms with E-state index in [1.54, 1.807) is 12.1 Å². The molecule has 3 aromatic rings. The Kier molecular flexibility index (Phi) is 8.74. The molecule has 2 aromatic carbocycles. The van der Waals surface area contributed by atoms with Gasteiger partial charge in [0.25, 0.3) is 5.56 Å². The van der Waals surface area contributed by atoms with Crippen molar-refractivity contribution in [2.24, 2.45) is 0 Å². The molecule has 3 N–H and O–H groups in total. The molecule has 11 nitrogen and oxygen atoms in total. The number of methoxy groups -OCH3 is 4. The predicted octanol–water partition coefficient (Wildman–Crippen LogP) is 1.57. The van der Waals surface area contributed by atoms with Crippen molar-refractivity contribution in [2.45, 2.75) is 19.5 Å². The summed E-state index contributed by atoms with van der Waals surface area (Å²) >= 11 is 0. The molecule has 3 rings (SSSR count). The van der Waals surface area contributed by atoms with Crippen molar-refractivity contribution in [2.75, 3.05) is 45.7 Å². The van der Waals surface area contributed by atoms with E-state index < -0.39 is 17.2 Å². The van der Waals surface area contributed by atoms with Crippen LogP contribution in [0.3, 0.4) is 0 Å². The van der Waals surface area contributed by atoms with Crippen LogP contribution in [-0.4, -0.2) is 50.5 Å². The number of rotatable bonds is 11. The van der Waals surface area contributed by atoms with Crippen LogP contribution in [0.5, 0.6) is 17.2 Å². The Bertz CT molecular complexity index is 1320. The molecule has 0 aliphatic carbocycles. The maximum Gasteiger partial charge on any atom is 0.330 e. The van der Waals surface area contributed by atoms with Gasteiger partial charge in [0, 0.05) is 12.7 Å². The zero-order valence-electron chi connectivity index (χ0n) is 20.7. The van der Waals surface area contributed by atoms with Crippen LogP contribution < -0.4 is 36.1 Å². The van der Waals surface area contributed by atoms with Crippen LogP contribution in [0, 0.1) is 0 Å². The molecule has 0 unspecified atom stereocenters.